The molecule has 1 amide bonds. The largest absolute Gasteiger partial charge is 0.481 e. The highest BCUT2D eigenvalue weighted by atomic mass is 35.5. The molecule has 0 aliphatic carbocycles. The lowest BCUT2D eigenvalue weighted by molar-refractivity contribution is -0.122. The average Bonchev–Trinajstić information content (AvgIpc) is 2.86. The van der Waals surface area contributed by atoms with Gasteiger partial charge in [-0.3, -0.25) is 4.79 Å². The number of rotatable bonds is 8. The highest BCUT2D eigenvalue weighted by molar-refractivity contribution is 6.31. The summed E-state index contributed by atoms with van der Waals surface area (Å²) in [5, 5.41) is 1.63. The molecule has 0 spiro atoms. The van der Waals surface area contributed by atoms with Gasteiger partial charge >= 0.3 is 6.01 Å². The first kappa shape index (κ1) is 25.2. The highest BCUT2D eigenvalue weighted by Gasteiger charge is 2.15. The molecule has 0 saturated carbocycles. The molecule has 7 nitrogen and oxygen atoms in total. The van der Waals surface area contributed by atoms with E-state index in [1.807, 2.05) is 0 Å². The van der Waals surface area contributed by atoms with Crippen molar-refractivity contribution in [3.8, 4) is 23.1 Å². The number of carbonyl (C=O) groups excluding carboxylic acids is 1. The molecule has 3 aromatic carbocycles. The fraction of sp³-hybridized carbons (Fsp3) is 0.0800. The van der Waals surface area contributed by atoms with E-state index < -0.39 is 23.3 Å². The Hall–Kier alpha value is -3.95. The molecule has 0 saturated heterocycles. The first-order valence-corrected chi connectivity index (χ1v) is 11.2. The second-order valence-electron chi connectivity index (χ2n) is 7.32. The van der Waals surface area contributed by atoms with Crippen LogP contribution in [0.2, 0.25) is 5.02 Å². The van der Waals surface area contributed by atoms with Crippen molar-refractivity contribution in [1.29, 1.82) is 0 Å². The maximum absolute atomic E-state index is 13.1. The Bertz CT molecular complexity index is 1410. The standard InChI is InChI=1S/C25H17Cl2F2N3O4/c1-14(25(33)31-16-3-5-19(6-4-16)36-24(29)23(27)28)34-17-7-9-18(10-8-17)35-22-13-30-21-12-15(26)2-11-20(21)32-22/h2-14H,1H3,(H,31,33)/b24-23-. The zero-order valence-corrected chi connectivity index (χ0v) is 20.1. The van der Waals surface area contributed by atoms with Crippen molar-refractivity contribution < 1.29 is 27.8 Å². The molecule has 0 bridgehead atoms. The third-order valence-electron chi connectivity index (χ3n) is 4.69. The summed E-state index contributed by atoms with van der Waals surface area (Å²) < 4.78 is 41.6. The van der Waals surface area contributed by atoms with Gasteiger partial charge in [-0.05, 0) is 85.3 Å². The first-order chi connectivity index (χ1) is 17.3. The van der Waals surface area contributed by atoms with Crippen LogP contribution in [0.5, 0.6) is 23.1 Å². The summed E-state index contributed by atoms with van der Waals surface area (Å²) >= 11 is 10.8. The van der Waals surface area contributed by atoms with Crippen LogP contribution in [0.3, 0.4) is 0 Å². The molecule has 36 heavy (non-hydrogen) atoms. The lowest BCUT2D eigenvalue weighted by atomic mass is 10.2. The number of ether oxygens (including phenoxy) is 3. The van der Waals surface area contributed by atoms with Crippen molar-refractivity contribution in [2.75, 3.05) is 5.32 Å². The quantitative estimate of drug-likeness (QED) is 0.243. The highest BCUT2D eigenvalue weighted by Crippen LogP contribution is 2.25. The van der Waals surface area contributed by atoms with Gasteiger partial charge in [-0.15, -0.1) is 0 Å². The smallest absolute Gasteiger partial charge is 0.326 e. The Morgan fingerprint density at radius 2 is 1.61 bits per heavy atom. The van der Waals surface area contributed by atoms with Crippen LogP contribution in [0, 0.1) is 0 Å². The summed E-state index contributed by atoms with van der Waals surface area (Å²) in [5.74, 6) is 0.845. The predicted molar refractivity (Wildman–Crippen MR) is 132 cm³/mol. The minimum atomic E-state index is -1.59. The van der Waals surface area contributed by atoms with E-state index in [-0.39, 0.29) is 5.75 Å². The predicted octanol–water partition coefficient (Wildman–Crippen LogP) is 7.16. The number of fused-ring (bicyclic) bond motifs is 1. The first-order valence-electron chi connectivity index (χ1n) is 10.4. The fourth-order valence-electron chi connectivity index (χ4n) is 2.97. The normalized spacial score (nSPS) is 12.5. The number of carbonyl (C=O) groups is 1. The Morgan fingerprint density at radius 3 is 2.31 bits per heavy atom. The van der Waals surface area contributed by atoms with E-state index in [1.54, 1.807) is 49.4 Å². The summed E-state index contributed by atoms with van der Waals surface area (Å²) in [5.41, 5.74) is 1.70. The van der Waals surface area contributed by atoms with Gasteiger partial charge in [-0.1, -0.05) is 11.6 Å². The van der Waals surface area contributed by atoms with Crippen LogP contribution in [-0.2, 0) is 4.79 Å². The number of hydrogen-bond donors (Lipinski definition) is 1. The second-order valence-corrected chi connectivity index (χ2v) is 8.09. The van der Waals surface area contributed by atoms with Gasteiger partial charge in [0.25, 0.3) is 11.2 Å². The Labute approximate surface area is 214 Å². The van der Waals surface area contributed by atoms with Crippen molar-refractivity contribution in [3.63, 3.8) is 0 Å². The zero-order chi connectivity index (χ0) is 25.7. The van der Waals surface area contributed by atoms with Crippen LogP contribution in [0.1, 0.15) is 6.92 Å². The molecule has 1 atom stereocenters. The summed E-state index contributed by atoms with van der Waals surface area (Å²) in [6.07, 6.45) is 0.661. The second kappa shape index (κ2) is 11.2. The van der Waals surface area contributed by atoms with Crippen molar-refractivity contribution in [1.82, 2.24) is 9.97 Å². The van der Waals surface area contributed by atoms with E-state index in [1.165, 1.54) is 30.5 Å². The van der Waals surface area contributed by atoms with Gasteiger partial charge in [-0.25, -0.2) is 9.97 Å². The Morgan fingerprint density at radius 1 is 0.944 bits per heavy atom. The fourth-order valence-corrected chi connectivity index (χ4v) is 3.18. The number of hydrogen-bond acceptors (Lipinski definition) is 6. The molecule has 1 aromatic heterocycles. The topological polar surface area (TPSA) is 82.6 Å². The molecular formula is C25H17Cl2F2N3O4. The average molecular weight is 532 g/mol. The zero-order valence-electron chi connectivity index (χ0n) is 18.5. The SMILES string of the molecule is CC(Oc1ccc(Oc2cnc3cc(Cl)ccc3n2)cc1)C(=O)Nc1ccc(O/C(F)=C(\F)Cl)cc1. The molecule has 1 unspecified atom stereocenters. The maximum Gasteiger partial charge on any atom is 0.326 e. The molecule has 11 heteroatoms. The van der Waals surface area contributed by atoms with Gasteiger partial charge in [0, 0.05) is 10.7 Å². The molecule has 1 heterocycles. The van der Waals surface area contributed by atoms with Gasteiger partial charge in [0.2, 0.25) is 5.88 Å². The number of aromatic nitrogens is 2. The summed E-state index contributed by atoms with van der Waals surface area (Å²) in [4.78, 5) is 21.1. The Kier molecular flexibility index (Phi) is 7.82. The third kappa shape index (κ3) is 6.59. The summed E-state index contributed by atoms with van der Waals surface area (Å²) in [7, 11) is 0. The molecule has 0 radical (unpaired) electrons. The molecule has 0 aliphatic heterocycles. The number of amides is 1. The van der Waals surface area contributed by atoms with E-state index in [0.29, 0.717) is 39.1 Å². The third-order valence-corrected chi connectivity index (χ3v) is 5.07. The molecular weight excluding hydrogens is 515 g/mol. The summed E-state index contributed by atoms with van der Waals surface area (Å²) in [6.45, 7) is 1.58. The number of nitrogens with zero attached hydrogens (tertiary/aromatic N) is 2. The van der Waals surface area contributed by atoms with E-state index >= 15 is 0 Å². The molecule has 0 fully saturated rings. The lowest BCUT2D eigenvalue weighted by Crippen LogP contribution is -2.30. The van der Waals surface area contributed by atoms with Crippen LogP contribution in [0.25, 0.3) is 11.0 Å². The van der Waals surface area contributed by atoms with Crippen molar-refractivity contribution in [2.45, 2.75) is 13.0 Å². The van der Waals surface area contributed by atoms with E-state index in [4.69, 9.17) is 32.7 Å². The van der Waals surface area contributed by atoms with E-state index in [0.717, 1.165) is 0 Å². The van der Waals surface area contributed by atoms with Gasteiger partial charge < -0.3 is 19.5 Å². The van der Waals surface area contributed by atoms with Crippen molar-refractivity contribution >= 4 is 45.8 Å². The van der Waals surface area contributed by atoms with Crippen LogP contribution in [-0.4, -0.2) is 22.0 Å². The molecule has 4 aromatic rings. The van der Waals surface area contributed by atoms with Crippen molar-refractivity contribution in [3.05, 3.63) is 89.2 Å². The van der Waals surface area contributed by atoms with Gasteiger partial charge in [0.1, 0.15) is 17.2 Å². The molecule has 0 aliphatic rings. The van der Waals surface area contributed by atoms with Crippen LogP contribution >= 0.6 is 23.2 Å². The summed E-state index contributed by atoms with van der Waals surface area (Å²) in [6, 6.07) is 15.9. The number of anilines is 1. The number of benzene rings is 3. The molecule has 4 rings (SSSR count). The number of halogens is 4. The lowest BCUT2D eigenvalue weighted by Gasteiger charge is -2.15. The van der Waals surface area contributed by atoms with Crippen molar-refractivity contribution in [2.24, 2.45) is 0 Å². The minimum absolute atomic E-state index is 0.00646. The van der Waals surface area contributed by atoms with Crippen LogP contribution in [0.4, 0.5) is 14.5 Å². The Balaban J connectivity index is 1.32. The van der Waals surface area contributed by atoms with E-state index in [9.17, 15) is 13.6 Å². The van der Waals surface area contributed by atoms with Gasteiger partial charge in [0.15, 0.2) is 6.10 Å². The number of nitrogens with one attached hydrogen (secondary N) is 1. The maximum atomic E-state index is 13.1. The molecule has 184 valence electrons. The monoisotopic (exact) mass is 531 g/mol. The van der Waals surface area contributed by atoms with Crippen LogP contribution in [0.15, 0.2) is 84.2 Å². The molecule has 1 N–H and O–H groups in total. The minimum Gasteiger partial charge on any atom is -0.481 e. The van der Waals surface area contributed by atoms with Gasteiger partial charge in [-0.2, -0.15) is 8.78 Å². The van der Waals surface area contributed by atoms with Gasteiger partial charge in [0.05, 0.1) is 17.2 Å². The van der Waals surface area contributed by atoms with E-state index in [2.05, 4.69) is 20.0 Å². The van der Waals surface area contributed by atoms with Crippen LogP contribution < -0.4 is 19.5 Å².